The van der Waals surface area contributed by atoms with E-state index in [1.807, 2.05) is 12.1 Å². The molecule has 0 spiro atoms. The Labute approximate surface area is 152 Å². The molecule has 1 aliphatic rings. The number of halogens is 1. The molecule has 0 radical (unpaired) electrons. The largest absolute Gasteiger partial charge is 0.495 e. The first-order chi connectivity index (χ1) is 12.1. The number of piperazine rings is 1. The second-order valence-corrected chi connectivity index (χ2v) is 6.46. The lowest BCUT2D eigenvalue weighted by molar-refractivity contribution is -0.117. The van der Waals surface area contributed by atoms with Crippen molar-refractivity contribution in [3.05, 3.63) is 47.4 Å². The number of amides is 1. The van der Waals surface area contributed by atoms with Crippen LogP contribution < -0.4 is 10.1 Å². The molecular weight excluding hydrogens is 342 g/mol. The predicted octanol–water partition coefficient (Wildman–Crippen LogP) is 2.70. The van der Waals surface area contributed by atoms with Crippen LogP contribution in [0.15, 0.2) is 41.0 Å². The van der Waals surface area contributed by atoms with E-state index in [1.165, 1.54) is 0 Å². The molecule has 0 saturated carbocycles. The number of ether oxygens (including phenoxy) is 1. The molecule has 1 N–H and O–H groups in total. The first-order valence-corrected chi connectivity index (χ1v) is 8.62. The summed E-state index contributed by atoms with van der Waals surface area (Å²) in [5.74, 6) is 1.50. The average molecular weight is 364 g/mol. The topological polar surface area (TPSA) is 58.0 Å². The highest BCUT2D eigenvalue weighted by Gasteiger charge is 2.20. The van der Waals surface area contributed by atoms with Gasteiger partial charge < -0.3 is 14.5 Å². The van der Waals surface area contributed by atoms with Gasteiger partial charge in [-0.3, -0.25) is 14.6 Å². The van der Waals surface area contributed by atoms with E-state index in [0.29, 0.717) is 23.0 Å². The lowest BCUT2D eigenvalue weighted by Crippen LogP contribution is -2.48. The summed E-state index contributed by atoms with van der Waals surface area (Å²) in [5.41, 5.74) is 0.594. The van der Waals surface area contributed by atoms with E-state index in [4.69, 9.17) is 20.8 Å². The fourth-order valence-corrected chi connectivity index (χ4v) is 3.07. The molecule has 1 saturated heterocycles. The second kappa shape index (κ2) is 8.38. The minimum absolute atomic E-state index is 0.0694. The Kier molecular flexibility index (Phi) is 5.96. The maximum atomic E-state index is 12.3. The van der Waals surface area contributed by atoms with E-state index >= 15 is 0 Å². The van der Waals surface area contributed by atoms with E-state index in [9.17, 15) is 4.79 Å². The van der Waals surface area contributed by atoms with Crippen LogP contribution in [0.3, 0.4) is 0 Å². The van der Waals surface area contributed by atoms with Crippen LogP contribution in [0, 0.1) is 0 Å². The number of anilines is 1. The molecule has 2 aromatic rings. The number of hydrogen-bond acceptors (Lipinski definition) is 5. The third kappa shape index (κ3) is 4.98. The maximum absolute atomic E-state index is 12.3. The number of carbonyl (C=O) groups is 1. The van der Waals surface area contributed by atoms with Crippen LogP contribution in [-0.4, -0.2) is 55.5 Å². The molecule has 7 heteroatoms. The number of furan rings is 1. The molecule has 0 aliphatic carbocycles. The lowest BCUT2D eigenvalue weighted by atomic mass is 10.2. The Hall–Kier alpha value is -2.02. The molecule has 6 nitrogen and oxygen atoms in total. The van der Waals surface area contributed by atoms with Crippen molar-refractivity contribution in [2.75, 3.05) is 45.2 Å². The number of methoxy groups -OCH3 is 1. The van der Waals surface area contributed by atoms with Gasteiger partial charge in [0.1, 0.15) is 11.5 Å². The fourth-order valence-electron chi connectivity index (χ4n) is 2.90. The van der Waals surface area contributed by atoms with Crippen molar-refractivity contribution in [3.63, 3.8) is 0 Å². The van der Waals surface area contributed by atoms with Gasteiger partial charge in [0.25, 0.3) is 0 Å². The third-order valence-corrected chi connectivity index (χ3v) is 4.46. The second-order valence-electron chi connectivity index (χ2n) is 6.02. The Bertz CT molecular complexity index is 698. The van der Waals surface area contributed by atoms with Crippen molar-refractivity contribution in [1.29, 1.82) is 0 Å². The van der Waals surface area contributed by atoms with Crippen molar-refractivity contribution in [1.82, 2.24) is 9.80 Å². The van der Waals surface area contributed by atoms with Gasteiger partial charge in [0, 0.05) is 31.2 Å². The maximum Gasteiger partial charge on any atom is 0.238 e. The van der Waals surface area contributed by atoms with Gasteiger partial charge in [-0.05, 0) is 30.3 Å². The van der Waals surface area contributed by atoms with Crippen LogP contribution in [0.25, 0.3) is 0 Å². The minimum atomic E-state index is -0.0694. The molecule has 1 amide bonds. The molecule has 0 bridgehead atoms. The third-order valence-electron chi connectivity index (χ3n) is 4.23. The molecule has 134 valence electrons. The molecule has 1 aliphatic heterocycles. The van der Waals surface area contributed by atoms with Crippen molar-refractivity contribution < 1.29 is 13.9 Å². The summed E-state index contributed by atoms with van der Waals surface area (Å²) < 4.78 is 10.6. The standard InChI is InChI=1S/C18H22ClN3O3/c1-24-17-5-4-14(19)11-16(17)20-18(23)13-22-8-6-21(7-9-22)12-15-3-2-10-25-15/h2-5,10-11H,6-9,12-13H2,1H3,(H,20,23). The summed E-state index contributed by atoms with van der Waals surface area (Å²) in [5, 5.41) is 3.44. The van der Waals surface area contributed by atoms with Crippen LogP contribution in [0.1, 0.15) is 5.76 Å². The van der Waals surface area contributed by atoms with Crippen molar-refractivity contribution in [2.24, 2.45) is 0 Å². The Morgan fingerprint density at radius 2 is 2.00 bits per heavy atom. The monoisotopic (exact) mass is 363 g/mol. The molecule has 0 unspecified atom stereocenters. The zero-order valence-electron chi connectivity index (χ0n) is 14.2. The van der Waals surface area contributed by atoms with Gasteiger partial charge in [-0.2, -0.15) is 0 Å². The minimum Gasteiger partial charge on any atom is -0.495 e. The summed E-state index contributed by atoms with van der Waals surface area (Å²) in [6.07, 6.45) is 1.69. The molecule has 25 heavy (non-hydrogen) atoms. The number of hydrogen-bond donors (Lipinski definition) is 1. The van der Waals surface area contributed by atoms with Gasteiger partial charge in [0.05, 0.1) is 32.1 Å². The SMILES string of the molecule is COc1ccc(Cl)cc1NC(=O)CN1CCN(Cc2ccco2)CC1. The average Bonchev–Trinajstić information content (AvgIpc) is 3.10. The highest BCUT2D eigenvalue weighted by atomic mass is 35.5. The molecule has 2 heterocycles. The van der Waals surface area contributed by atoms with Gasteiger partial charge in [-0.1, -0.05) is 11.6 Å². The highest BCUT2D eigenvalue weighted by Crippen LogP contribution is 2.27. The van der Waals surface area contributed by atoms with Gasteiger partial charge in [-0.15, -0.1) is 0 Å². The number of nitrogens with zero attached hydrogens (tertiary/aromatic N) is 2. The zero-order valence-corrected chi connectivity index (χ0v) is 15.0. The summed E-state index contributed by atoms with van der Waals surface area (Å²) >= 11 is 5.99. The number of carbonyl (C=O) groups excluding carboxylic acids is 1. The molecule has 1 aromatic heterocycles. The van der Waals surface area contributed by atoms with E-state index in [-0.39, 0.29) is 5.91 Å². The quantitative estimate of drug-likeness (QED) is 0.855. The van der Waals surface area contributed by atoms with Gasteiger partial charge in [0.2, 0.25) is 5.91 Å². The smallest absolute Gasteiger partial charge is 0.238 e. The summed E-state index contributed by atoms with van der Waals surface area (Å²) in [6, 6.07) is 9.05. The molecule has 0 atom stereocenters. The van der Waals surface area contributed by atoms with Crippen molar-refractivity contribution in [2.45, 2.75) is 6.54 Å². The van der Waals surface area contributed by atoms with E-state index in [1.54, 1.807) is 31.6 Å². The van der Waals surface area contributed by atoms with E-state index in [0.717, 1.165) is 38.5 Å². The zero-order chi connectivity index (χ0) is 17.6. The predicted molar refractivity (Wildman–Crippen MR) is 97.1 cm³/mol. The van der Waals surface area contributed by atoms with Gasteiger partial charge >= 0.3 is 0 Å². The van der Waals surface area contributed by atoms with Gasteiger partial charge in [0.15, 0.2) is 0 Å². The Morgan fingerprint density at radius 1 is 1.24 bits per heavy atom. The Balaban J connectivity index is 1.47. The van der Waals surface area contributed by atoms with Crippen LogP contribution in [-0.2, 0) is 11.3 Å². The summed E-state index contributed by atoms with van der Waals surface area (Å²) in [6.45, 7) is 4.68. The summed E-state index contributed by atoms with van der Waals surface area (Å²) in [7, 11) is 1.57. The molecule has 1 fully saturated rings. The van der Waals surface area contributed by atoms with Gasteiger partial charge in [-0.25, -0.2) is 0 Å². The molecule has 1 aromatic carbocycles. The van der Waals surface area contributed by atoms with Crippen LogP contribution in [0.5, 0.6) is 5.75 Å². The first kappa shape index (κ1) is 17.8. The van der Waals surface area contributed by atoms with E-state index in [2.05, 4.69) is 15.1 Å². The Morgan fingerprint density at radius 3 is 2.68 bits per heavy atom. The van der Waals surface area contributed by atoms with Crippen LogP contribution in [0.2, 0.25) is 5.02 Å². The normalized spacial score (nSPS) is 15.9. The van der Waals surface area contributed by atoms with Crippen LogP contribution in [0.4, 0.5) is 5.69 Å². The number of rotatable bonds is 6. The lowest BCUT2D eigenvalue weighted by Gasteiger charge is -2.33. The van der Waals surface area contributed by atoms with Crippen LogP contribution >= 0.6 is 11.6 Å². The molecule has 3 rings (SSSR count). The summed E-state index contributed by atoms with van der Waals surface area (Å²) in [4.78, 5) is 16.8. The molecular formula is C18H22ClN3O3. The van der Waals surface area contributed by atoms with Crippen molar-refractivity contribution >= 4 is 23.2 Å². The highest BCUT2D eigenvalue weighted by molar-refractivity contribution is 6.31. The number of benzene rings is 1. The van der Waals surface area contributed by atoms with E-state index < -0.39 is 0 Å². The van der Waals surface area contributed by atoms with Crippen molar-refractivity contribution in [3.8, 4) is 5.75 Å². The first-order valence-electron chi connectivity index (χ1n) is 8.24. The fraction of sp³-hybridized carbons (Fsp3) is 0.389. The number of nitrogens with one attached hydrogen (secondary N) is 1.